The van der Waals surface area contributed by atoms with Crippen LogP contribution in [-0.2, 0) is 6.42 Å². The molecular weight excluding hydrogens is 285 g/mol. The molecule has 0 bridgehead atoms. The van der Waals surface area contributed by atoms with Crippen LogP contribution < -0.4 is 0 Å². The molecule has 0 saturated carbocycles. The molecule has 0 aliphatic carbocycles. The summed E-state index contributed by atoms with van der Waals surface area (Å²) in [5, 5.41) is 1.76. The van der Waals surface area contributed by atoms with Crippen molar-refractivity contribution in [2.75, 3.05) is 6.26 Å². The molecule has 3 rings (SSSR count). The average molecular weight is 301 g/mol. The van der Waals surface area contributed by atoms with Crippen LogP contribution in [0.15, 0.2) is 35.5 Å². The van der Waals surface area contributed by atoms with Gasteiger partial charge in [0.1, 0.15) is 11.5 Å². The summed E-state index contributed by atoms with van der Waals surface area (Å²) in [7, 11) is 0. The molecule has 0 unspecified atom stereocenters. The zero-order valence-corrected chi connectivity index (χ0v) is 13.0. The van der Waals surface area contributed by atoms with E-state index in [4.69, 9.17) is 0 Å². The Morgan fingerprint density at radius 1 is 1.24 bits per heavy atom. The lowest BCUT2D eigenvalue weighted by Crippen LogP contribution is -2.02. The maximum Gasteiger partial charge on any atom is 0.189 e. The maximum atomic E-state index is 13.6. The summed E-state index contributed by atoms with van der Waals surface area (Å²) in [5.41, 5.74) is 3.70. The Kier molecular flexibility index (Phi) is 3.68. The molecule has 0 radical (unpaired) electrons. The Labute approximate surface area is 127 Å². The van der Waals surface area contributed by atoms with Gasteiger partial charge < -0.3 is 0 Å². The highest BCUT2D eigenvalue weighted by atomic mass is 32.2. The number of halogens is 1. The molecule has 2 heterocycles. The summed E-state index contributed by atoms with van der Waals surface area (Å²) < 4.78 is 15.6. The minimum Gasteiger partial charge on any atom is -0.298 e. The van der Waals surface area contributed by atoms with Gasteiger partial charge in [0.2, 0.25) is 0 Å². The fourth-order valence-corrected chi connectivity index (χ4v) is 2.91. The normalized spacial score (nSPS) is 11.2. The third kappa shape index (κ3) is 2.42. The number of fused-ring (bicyclic) bond motifs is 1. The van der Waals surface area contributed by atoms with Crippen molar-refractivity contribution in [3.05, 3.63) is 47.5 Å². The molecule has 2 aromatic heterocycles. The standard InChI is InChI=1S/C16H16FN3S/c1-4-12-9-14-10(2)18-16(21-3)19-15(14)20(12)13-7-5-6-11(17)8-13/h5-9H,4H2,1-3H3. The largest absolute Gasteiger partial charge is 0.298 e. The van der Waals surface area contributed by atoms with Crippen LogP contribution >= 0.6 is 11.8 Å². The summed E-state index contributed by atoms with van der Waals surface area (Å²) in [6.45, 7) is 4.07. The van der Waals surface area contributed by atoms with E-state index in [1.165, 1.54) is 23.9 Å². The third-order valence-electron chi connectivity index (χ3n) is 3.52. The number of nitrogens with zero attached hydrogens (tertiary/aromatic N) is 3. The first kappa shape index (κ1) is 14.1. The zero-order chi connectivity index (χ0) is 15.0. The Balaban J connectivity index is 2.36. The number of aryl methyl sites for hydroxylation is 2. The van der Waals surface area contributed by atoms with E-state index in [1.807, 2.05) is 23.8 Å². The summed E-state index contributed by atoms with van der Waals surface area (Å²) in [4.78, 5) is 9.11. The zero-order valence-electron chi connectivity index (χ0n) is 12.2. The van der Waals surface area contributed by atoms with Gasteiger partial charge >= 0.3 is 0 Å². The predicted molar refractivity (Wildman–Crippen MR) is 84.7 cm³/mol. The number of aromatic nitrogens is 3. The summed E-state index contributed by atoms with van der Waals surface area (Å²) in [6, 6.07) is 8.71. The van der Waals surface area contributed by atoms with E-state index in [9.17, 15) is 4.39 Å². The molecule has 0 N–H and O–H groups in total. The molecule has 0 atom stereocenters. The van der Waals surface area contributed by atoms with Gasteiger partial charge in [-0.15, -0.1) is 0 Å². The summed E-state index contributed by atoms with van der Waals surface area (Å²) in [6.07, 6.45) is 2.80. The third-order valence-corrected chi connectivity index (χ3v) is 4.06. The van der Waals surface area contributed by atoms with Gasteiger partial charge in [-0.1, -0.05) is 24.8 Å². The second-order valence-corrected chi connectivity index (χ2v) is 5.61. The second-order valence-electron chi connectivity index (χ2n) is 4.84. The number of thioether (sulfide) groups is 1. The Morgan fingerprint density at radius 3 is 2.71 bits per heavy atom. The van der Waals surface area contributed by atoms with Crippen LogP contribution in [0.4, 0.5) is 4.39 Å². The highest BCUT2D eigenvalue weighted by Crippen LogP contribution is 2.27. The van der Waals surface area contributed by atoms with Crippen LogP contribution in [0.25, 0.3) is 16.7 Å². The number of rotatable bonds is 3. The van der Waals surface area contributed by atoms with E-state index in [1.54, 1.807) is 6.07 Å². The molecule has 3 nitrogen and oxygen atoms in total. The van der Waals surface area contributed by atoms with Crippen molar-refractivity contribution in [1.29, 1.82) is 0 Å². The lowest BCUT2D eigenvalue weighted by atomic mass is 10.2. The first-order chi connectivity index (χ1) is 10.1. The SMILES string of the molecule is CCc1cc2c(C)nc(SC)nc2n1-c1cccc(F)c1. The molecule has 0 spiro atoms. The van der Waals surface area contributed by atoms with Crippen LogP contribution in [0.2, 0.25) is 0 Å². The quantitative estimate of drug-likeness (QED) is 0.538. The lowest BCUT2D eigenvalue weighted by molar-refractivity contribution is 0.626. The Bertz CT molecular complexity index is 811. The van der Waals surface area contributed by atoms with Crippen LogP contribution in [0.1, 0.15) is 18.3 Å². The molecule has 108 valence electrons. The number of hydrogen-bond acceptors (Lipinski definition) is 3. The van der Waals surface area contributed by atoms with E-state index >= 15 is 0 Å². The van der Waals surface area contributed by atoms with Crippen molar-refractivity contribution in [2.45, 2.75) is 25.4 Å². The Hall–Kier alpha value is -1.88. The van der Waals surface area contributed by atoms with Gasteiger partial charge in [-0.3, -0.25) is 4.57 Å². The Morgan fingerprint density at radius 2 is 2.05 bits per heavy atom. The van der Waals surface area contributed by atoms with Gasteiger partial charge in [0.25, 0.3) is 0 Å². The van der Waals surface area contributed by atoms with Gasteiger partial charge in [0, 0.05) is 11.1 Å². The molecule has 0 aliphatic heterocycles. The molecule has 0 fully saturated rings. The average Bonchev–Trinajstić information content (AvgIpc) is 2.86. The topological polar surface area (TPSA) is 30.7 Å². The summed E-state index contributed by atoms with van der Waals surface area (Å²) >= 11 is 1.51. The minimum atomic E-state index is -0.243. The second kappa shape index (κ2) is 5.48. The van der Waals surface area contributed by atoms with E-state index in [2.05, 4.69) is 23.0 Å². The molecule has 5 heteroatoms. The molecule has 1 aromatic carbocycles. The van der Waals surface area contributed by atoms with E-state index in [-0.39, 0.29) is 5.82 Å². The van der Waals surface area contributed by atoms with Gasteiger partial charge in [-0.05, 0) is 43.9 Å². The van der Waals surface area contributed by atoms with Gasteiger partial charge in [-0.25, -0.2) is 14.4 Å². The van der Waals surface area contributed by atoms with Crippen LogP contribution in [0.5, 0.6) is 0 Å². The van der Waals surface area contributed by atoms with Crippen molar-refractivity contribution >= 4 is 22.8 Å². The highest BCUT2D eigenvalue weighted by molar-refractivity contribution is 7.98. The predicted octanol–water partition coefficient (Wildman–Crippen LogP) is 4.15. The van der Waals surface area contributed by atoms with E-state index in [0.717, 1.165) is 39.7 Å². The van der Waals surface area contributed by atoms with Crippen molar-refractivity contribution in [1.82, 2.24) is 14.5 Å². The molecule has 21 heavy (non-hydrogen) atoms. The van der Waals surface area contributed by atoms with E-state index < -0.39 is 0 Å². The van der Waals surface area contributed by atoms with Crippen molar-refractivity contribution in [3.63, 3.8) is 0 Å². The minimum absolute atomic E-state index is 0.243. The molecule has 3 aromatic rings. The van der Waals surface area contributed by atoms with Crippen molar-refractivity contribution in [3.8, 4) is 5.69 Å². The van der Waals surface area contributed by atoms with Gasteiger partial charge in [0.05, 0.1) is 11.4 Å². The number of benzene rings is 1. The van der Waals surface area contributed by atoms with Crippen LogP contribution in [0.3, 0.4) is 0 Å². The van der Waals surface area contributed by atoms with E-state index in [0.29, 0.717) is 0 Å². The van der Waals surface area contributed by atoms with Crippen LogP contribution in [-0.4, -0.2) is 20.8 Å². The molecule has 0 amide bonds. The molecular formula is C16H16FN3S. The van der Waals surface area contributed by atoms with Crippen molar-refractivity contribution in [2.24, 2.45) is 0 Å². The highest BCUT2D eigenvalue weighted by Gasteiger charge is 2.14. The first-order valence-electron chi connectivity index (χ1n) is 6.83. The van der Waals surface area contributed by atoms with Crippen molar-refractivity contribution < 1.29 is 4.39 Å². The number of hydrogen-bond donors (Lipinski definition) is 0. The molecule has 0 aliphatic rings. The molecule has 0 saturated heterocycles. The fourth-order valence-electron chi connectivity index (χ4n) is 2.50. The van der Waals surface area contributed by atoms with Gasteiger partial charge in [0.15, 0.2) is 5.16 Å². The lowest BCUT2D eigenvalue weighted by Gasteiger charge is -2.10. The summed E-state index contributed by atoms with van der Waals surface area (Å²) in [5.74, 6) is -0.243. The smallest absolute Gasteiger partial charge is 0.189 e. The van der Waals surface area contributed by atoms with Gasteiger partial charge in [-0.2, -0.15) is 0 Å². The maximum absolute atomic E-state index is 13.6. The van der Waals surface area contributed by atoms with Crippen LogP contribution in [0, 0.1) is 12.7 Å². The monoisotopic (exact) mass is 301 g/mol. The fraction of sp³-hybridized carbons (Fsp3) is 0.250. The first-order valence-corrected chi connectivity index (χ1v) is 8.05.